The van der Waals surface area contributed by atoms with Crippen molar-refractivity contribution in [3.05, 3.63) is 29.6 Å². The van der Waals surface area contributed by atoms with Gasteiger partial charge in [0, 0.05) is 11.7 Å². The SMILES string of the molecule is Cc1ccc(NC(C)CC2CCC2)cc1F. The third kappa shape index (κ3) is 2.75. The van der Waals surface area contributed by atoms with Crippen LogP contribution in [0.1, 0.15) is 38.2 Å². The first kappa shape index (κ1) is 11.4. The van der Waals surface area contributed by atoms with Crippen LogP contribution >= 0.6 is 0 Å². The minimum absolute atomic E-state index is 0.124. The molecule has 1 aliphatic rings. The summed E-state index contributed by atoms with van der Waals surface area (Å²) in [5.74, 6) is 0.763. The second-order valence-electron chi connectivity index (χ2n) is 5.04. The smallest absolute Gasteiger partial charge is 0.128 e. The Hall–Kier alpha value is -1.05. The Morgan fingerprint density at radius 1 is 1.44 bits per heavy atom. The number of halogens is 1. The van der Waals surface area contributed by atoms with E-state index in [0.717, 1.165) is 11.6 Å². The molecule has 1 atom stereocenters. The van der Waals surface area contributed by atoms with Gasteiger partial charge in [0.15, 0.2) is 0 Å². The molecule has 0 heterocycles. The van der Waals surface area contributed by atoms with Crippen molar-refractivity contribution in [3.8, 4) is 0 Å². The Morgan fingerprint density at radius 3 is 2.75 bits per heavy atom. The number of benzene rings is 1. The quantitative estimate of drug-likeness (QED) is 0.806. The first-order valence-electron chi connectivity index (χ1n) is 6.18. The van der Waals surface area contributed by atoms with Gasteiger partial charge in [-0.25, -0.2) is 4.39 Å². The molecule has 1 fully saturated rings. The van der Waals surface area contributed by atoms with Crippen LogP contribution in [0.25, 0.3) is 0 Å². The molecule has 1 aromatic rings. The summed E-state index contributed by atoms with van der Waals surface area (Å²) in [7, 11) is 0. The summed E-state index contributed by atoms with van der Waals surface area (Å²) in [5.41, 5.74) is 1.60. The maximum atomic E-state index is 13.3. The van der Waals surface area contributed by atoms with Gasteiger partial charge in [0.2, 0.25) is 0 Å². The molecule has 2 rings (SSSR count). The maximum Gasteiger partial charge on any atom is 0.128 e. The number of nitrogens with one attached hydrogen (secondary N) is 1. The minimum atomic E-state index is -0.124. The summed E-state index contributed by atoms with van der Waals surface area (Å²) in [6, 6.07) is 5.81. The molecule has 0 bridgehead atoms. The molecule has 1 unspecified atom stereocenters. The van der Waals surface area contributed by atoms with Crippen molar-refractivity contribution in [1.82, 2.24) is 0 Å². The third-order valence-corrected chi connectivity index (χ3v) is 3.50. The lowest BCUT2D eigenvalue weighted by atomic mass is 9.81. The van der Waals surface area contributed by atoms with Crippen molar-refractivity contribution >= 4 is 5.69 Å². The van der Waals surface area contributed by atoms with Gasteiger partial charge in [0.25, 0.3) is 0 Å². The van der Waals surface area contributed by atoms with Crippen LogP contribution in [-0.4, -0.2) is 6.04 Å². The zero-order valence-corrected chi connectivity index (χ0v) is 10.1. The first-order chi connectivity index (χ1) is 7.65. The van der Waals surface area contributed by atoms with Gasteiger partial charge in [-0.05, 0) is 43.9 Å². The molecule has 0 radical (unpaired) electrons. The lowest BCUT2D eigenvalue weighted by Gasteiger charge is -2.28. The van der Waals surface area contributed by atoms with E-state index >= 15 is 0 Å². The Labute approximate surface area is 97.1 Å². The molecular formula is C14H20FN. The topological polar surface area (TPSA) is 12.0 Å². The fourth-order valence-electron chi connectivity index (χ4n) is 2.25. The highest BCUT2D eigenvalue weighted by molar-refractivity contribution is 5.45. The lowest BCUT2D eigenvalue weighted by molar-refractivity contribution is 0.286. The van der Waals surface area contributed by atoms with Crippen LogP contribution in [-0.2, 0) is 0 Å². The van der Waals surface area contributed by atoms with Gasteiger partial charge in [-0.2, -0.15) is 0 Å². The number of rotatable bonds is 4. The Bertz CT molecular complexity index is 358. The fourth-order valence-corrected chi connectivity index (χ4v) is 2.25. The van der Waals surface area contributed by atoms with Crippen molar-refractivity contribution < 1.29 is 4.39 Å². The standard InChI is InChI=1S/C14H20FN/c1-10-6-7-13(9-14(10)15)16-11(2)8-12-4-3-5-12/h6-7,9,11-12,16H,3-5,8H2,1-2H3. The second-order valence-corrected chi connectivity index (χ2v) is 5.04. The van der Waals surface area contributed by atoms with Crippen LogP contribution in [0.2, 0.25) is 0 Å². The molecule has 0 spiro atoms. The summed E-state index contributed by atoms with van der Waals surface area (Å²) >= 11 is 0. The predicted molar refractivity (Wildman–Crippen MR) is 66.2 cm³/mol. The average Bonchev–Trinajstić information content (AvgIpc) is 2.18. The molecule has 0 amide bonds. The fraction of sp³-hybridized carbons (Fsp3) is 0.571. The normalized spacial score (nSPS) is 17.9. The van der Waals surface area contributed by atoms with Gasteiger partial charge in [-0.15, -0.1) is 0 Å². The van der Waals surface area contributed by atoms with E-state index in [1.807, 2.05) is 12.1 Å². The zero-order valence-electron chi connectivity index (χ0n) is 10.1. The number of hydrogen-bond acceptors (Lipinski definition) is 1. The largest absolute Gasteiger partial charge is 0.382 e. The van der Waals surface area contributed by atoms with E-state index in [1.54, 1.807) is 13.0 Å². The number of anilines is 1. The lowest BCUT2D eigenvalue weighted by Crippen LogP contribution is -2.23. The number of aryl methyl sites for hydroxylation is 1. The molecule has 0 aliphatic heterocycles. The van der Waals surface area contributed by atoms with E-state index in [4.69, 9.17) is 0 Å². The van der Waals surface area contributed by atoms with Gasteiger partial charge in [0.05, 0.1) is 0 Å². The maximum absolute atomic E-state index is 13.3. The molecule has 16 heavy (non-hydrogen) atoms. The Morgan fingerprint density at radius 2 is 2.19 bits per heavy atom. The van der Waals surface area contributed by atoms with Gasteiger partial charge >= 0.3 is 0 Å². The van der Waals surface area contributed by atoms with Crippen molar-refractivity contribution in [3.63, 3.8) is 0 Å². The van der Waals surface area contributed by atoms with Crippen molar-refractivity contribution in [2.45, 2.75) is 45.6 Å². The molecule has 0 saturated heterocycles. The van der Waals surface area contributed by atoms with Gasteiger partial charge in [-0.3, -0.25) is 0 Å². The van der Waals surface area contributed by atoms with E-state index in [9.17, 15) is 4.39 Å². The second kappa shape index (κ2) is 4.86. The third-order valence-electron chi connectivity index (χ3n) is 3.50. The van der Waals surface area contributed by atoms with Crippen LogP contribution in [0.5, 0.6) is 0 Å². The molecule has 1 aliphatic carbocycles. The highest BCUT2D eigenvalue weighted by Crippen LogP contribution is 2.31. The number of hydrogen-bond donors (Lipinski definition) is 1. The van der Waals surface area contributed by atoms with Crippen LogP contribution in [0.15, 0.2) is 18.2 Å². The molecule has 1 aromatic carbocycles. The van der Waals surface area contributed by atoms with Crippen LogP contribution in [0.4, 0.5) is 10.1 Å². The molecular weight excluding hydrogens is 201 g/mol. The highest BCUT2D eigenvalue weighted by atomic mass is 19.1. The average molecular weight is 221 g/mol. The van der Waals surface area contributed by atoms with E-state index in [-0.39, 0.29) is 5.82 Å². The molecule has 2 heteroatoms. The van der Waals surface area contributed by atoms with E-state index in [2.05, 4.69) is 12.2 Å². The molecule has 1 N–H and O–H groups in total. The van der Waals surface area contributed by atoms with Gasteiger partial charge in [0.1, 0.15) is 5.82 Å². The summed E-state index contributed by atoms with van der Waals surface area (Å²) in [5, 5.41) is 3.37. The van der Waals surface area contributed by atoms with Gasteiger partial charge in [-0.1, -0.05) is 25.3 Å². The summed E-state index contributed by atoms with van der Waals surface area (Å²) in [6.45, 7) is 3.97. The summed E-state index contributed by atoms with van der Waals surface area (Å²) in [6.07, 6.45) is 5.33. The summed E-state index contributed by atoms with van der Waals surface area (Å²) < 4.78 is 13.3. The van der Waals surface area contributed by atoms with Crippen molar-refractivity contribution in [2.75, 3.05) is 5.32 Å². The van der Waals surface area contributed by atoms with Gasteiger partial charge < -0.3 is 5.32 Å². The van der Waals surface area contributed by atoms with E-state index < -0.39 is 0 Å². The van der Waals surface area contributed by atoms with Crippen LogP contribution < -0.4 is 5.32 Å². The van der Waals surface area contributed by atoms with Crippen molar-refractivity contribution in [2.24, 2.45) is 5.92 Å². The monoisotopic (exact) mass is 221 g/mol. The minimum Gasteiger partial charge on any atom is -0.382 e. The first-order valence-corrected chi connectivity index (χ1v) is 6.18. The Balaban J connectivity index is 1.89. The van der Waals surface area contributed by atoms with E-state index in [0.29, 0.717) is 11.6 Å². The predicted octanol–water partition coefficient (Wildman–Crippen LogP) is 4.12. The van der Waals surface area contributed by atoms with E-state index in [1.165, 1.54) is 25.7 Å². The molecule has 88 valence electrons. The van der Waals surface area contributed by atoms with Crippen LogP contribution in [0.3, 0.4) is 0 Å². The van der Waals surface area contributed by atoms with Crippen molar-refractivity contribution in [1.29, 1.82) is 0 Å². The summed E-state index contributed by atoms with van der Waals surface area (Å²) in [4.78, 5) is 0. The Kier molecular flexibility index (Phi) is 3.47. The molecule has 1 nitrogen and oxygen atoms in total. The van der Waals surface area contributed by atoms with Crippen LogP contribution in [0, 0.1) is 18.7 Å². The molecule has 1 saturated carbocycles. The zero-order chi connectivity index (χ0) is 11.5. The molecule has 0 aromatic heterocycles. The highest BCUT2D eigenvalue weighted by Gasteiger charge is 2.19.